The second kappa shape index (κ2) is 7.73. The van der Waals surface area contributed by atoms with Crippen LogP contribution in [0.25, 0.3) is 11.0 Å². The molecule has 1 saturated heterocycles. The summed E-state index contributed by atoms with van der Waals surface area (Å²) in [4.78, 5) is 38.3. The summed E-state index contributed by atoms with van der Waals surface area (Å²) in [6.07, 6.45) is 1.71. The zero-order chi connectivity index (χ0) is 20.5. The summed E-state index contributed by atoms with van der Waals surface area (Å²) in [5, 5.41) is 0. The number of para-hydroxylation sites is 2. The molecule has 3 heterocycles. The fraction of sp³-hybridized carbons (Fsp3) is 0.409. The molecule has 1 aliphatic rings. The van der Waals surface area contributed by atoms with Gasteiger partial charge >= 0.3 is 5.97 Å². The van der Waals surface area contributed by atoms with Crippen molar-refractivity contribution in [3.05, 3.63) is 52.6 Å². The first-order valence-electron chi connectivity index (χ1n) is 10.1. The SMILES string of the molecule is CCOC(=O)c1c(C)[nH]c(C(=O)N2CCC(c3nc4ccccc4[nH]3)CC2)c1C. The highest BCUT2D eigenvalue weighted by Gasteiger charge is 2.30. The van der Waals surface area contributed by atoms with Crippen LogP contribution in [-0.2, 0) is 4.74 Å². The number of fused-ring (bicyclic) bond motifs is 1. The van der Waals surface area contributed by atoms with Crippen molar-refractivity contribution in [1.29, 1.82) is 0 Å². The van der Waals surface area contributed by atoms with E-state index in [0.29, 0.717) is 48.1 Å². The maximum atomic E-state index is 13.1. The lowest BCUT2D eigenvalue weighted by atomic mass is 9.96. The molecule has 0 bridgehead atoms. The number of carbonyl (C=O) groups excluding carboxylic acids is 2. The van der Waals surface area contributed by atoms with Crippen molar-refractivity contribution in [1.82, 2.24) is 19.9 Å². The number of benzene rings is 1. The van der Waals surface area contributed by atoms with Gasteiger partial charge in [0.05, 0.1) is 23.2 Å². The number of aromatic amines is 2. The molecule has 7 heteroatoms. The Morgan fingerprint density at radius 2 is 1.90 bits per heavy atom. The second-order valence-electron chi connectivity index (χ2n) is 7.55. The smallest absolute Gasteiger partial charge is 0.340 e. The maximum Gasteiger partial charge on any atom is 0.340 e. The van der Waals surface area contributed by atoms with E-state index in [-0.39, 0.29) is 11.9 Å². The molecule has 0 atom stereocenters. The Labute approximate surface area is 169 Å². The van der Waals surface area contributed by atoms with Crippen LogP contribution in [0, 0.1) is 13.8 Å². The van der Waals surface area contributed by atoms with Crippen molar-refractivity contribution in [2.45, 2.75) is 39.5 Å². The first-order valence-corrected chi connectivity index (χ1v) is 10.1. The Morgan fingerprint density at radius 1 is 1.17 bits per heavy atom. The van der Waals surface area contributed by atoms with Crippen molar-refractivity contribution in [2.24, 2.45) is 0 Å². The van der Waals surface area contributed by atoms with Crippen LogP contribution in [0.5, 0.6) is 0 Å². The predicted octanol–water partition coefficient (Wildman–Crippen LogP) is 3.70. The van der Waals surface area contributed by atoms with Crippen LogP contribution < -0.4 is 0 Å². The number of amides is 1. The Hall–Kier alpha value is -3.09. The average molecular weight is 394 g/mol. The molecule has 1 aliphatic heterocycles. The predicted molar refractivity (Wildman–Crippen MR) is 110 cm³/mol. The first kappa shape index (κ1) is 19.2. The lowest BCUT2D eigenvalue weighted by Gasteiger charge is -2.31. The van der Waals surface area contributed by atoms with Crippen LogP contribution >= 0.6 is 0 Å². The van der Waals surface area contributed by atoms with Crippen LogP contribution in [0.3, 0.4) is 0 Å². The molecule has 2 N–H and O–H groups in total. The summed E-state index contributed by atoms with van der Waals surface area (Å²) >= 11 is 0. The molecule has 0 unspecified atom stereocenters. The first-order chi connectivity index (χ1) is 14.0. The van der Waals surface area contributed by atoms with Crippen molar-refractivity contribution < 1.29 is 14.3 Å². The Balaban J connectivity index is 1.46. The van der Waals surface area contributed by atoms with Gasteiger partial charge in [-0.2, -0.15) is 0 Å². The number of piperidine rings is 1. The quantitative estimate of drug-likeness (QED) is 0.660. The van der Waals surface area contributed by atoms with Crippen molar-refractivity contribution in [3.8, 4) is 0 Å². The molecular weight excluding hydrogens is 368 g/mol. The van der Waals surface area contributed by atoms with E-state index in [2.05, 4.69) is 9.97 Å². The van der Waals surface area contributed by atoms with E-state index in [9.17, 15) is 9.59 Å². The number of carbonyl (C=O) groups is 2. The van der Waals surface area contributed by atoms with Crippen LogP contribution in [0.2, 0.25) is 0 Å². The Bertz CT molecular complexity index is 1020. The normalized spacial score (nSPS) is 15.1. The summed E-state index contributed by atoms with van der Waals surface area (Å²) in [6.45, 7) is 6.99. The Morgan fingerprint density at radius 3 is 2.59 bits per heavy atom. The minimum Gasteiger partial charge on any atom is -0.462 e. The number of hydrogen-bond acceptors (Lipinski definition) is 4. The number of imidazole rings is 1. The van der Waals surface area contributed by atoms with E-state index < -0.39 is 0 Å². The van der Waals surface area contributed by atoms with Crippen LogP contribution in [0.1, 0.15) is 63.6 Å². The summed E-state index contributed by atoms with van der Waals surface area (Å²) in [6, 6.07) is 8.02. The number of esters is 1. The second-order valence-corrected chi connectivity index (χ2v) is 7.55. The zero-order valence-electron chi connectivity index (χ0n) is 17.0. The van der Waals surface area contributed by atoms with E-state index in [1.807, 2.05) is 29.2 Å². The van der Waals surface area contributed by atoms with Gasteiger partial charge in [-0.1, -0.05) is 12.1 Å². The largest absolute Gasteiger partial charge is 0.462 e. The third-order valence-corrected chi connectivity index (χ3v) is 5.71. The van der Waals surface area contributed by atoms with Gasteiger partial charge in [0.2, 0.25) is 0 Å². The summed E-state index contributed by atoms with van der Waals surface area (Å²) < 4.78 is 5.12. The van der Waals surface area contributed by atoms with Gasteiger partial charge in [-0.25, -0.2) is 9.78 Å². The van der Waals surface area contributed by atoms with E-state index in [0.717, 1.165) is 29.7 Å². The molecule has 3 aromatic rings. The van der Waals surface area contributed by atoms with E-state index in [1.54, 1.807) is 20.8 Å². The van der Waals surface area contributed by atoms with Gasteiger partial charge in [0.15, 0.2) is 0 Å². The number of ether oxygens (including phenoxy) is 1. The molecular formula is C22H26N4O3. The monoisotopic (exact) mass is 394 g/mol. The number of H-pyrrole nitrogens is 2. The third kappa shape index (κ3) is 3.52. The number of nitrogens with zero attached hydrogens (tertiary/aromatic N) is 2. The van der Waals surface area contributed by atoms with Gasteiger partial charge in [-0.05, 0) is 51.3 Å². The van der Waals surface area contributed by atoms with Crippen molar-refractivity contribution in [2.75, 3.05) is 19.7 Å². The molecule has 4 rings (SSSR count). The number of aromatic nitrogens is 3. The molecule has 0 spiro atoms. The molecule has 2 aromatic heterocycles. The number of rotatable bonds is 4. The third-order valence-electron chi connectivity index (χ3n) is 5.71. The molecule has 0 radical (unpaired) electrons. The van der Waals surface area contributed by atoms with Gasteiger partial charge in [0.1, 0.15) is 11.5 Å². The molecule has 152 valence electrons. The molecule has 0 aliphatic carbocycles. The lowest BCUT2D eigenvalue weighted by molar-refractivity contribution is 0.0525. The highest BCUT2D eigenvalue weighted by atomic mass is 16.5. The van der Waals surface area contributed by atoms with Crippen LogP contribution in [0.15, 0.2) is 24.3 Å². The van der Waals surface area contributed by atoms with Crippen molar-refractivity contribution >= 4 is 22.9 Å². The summed E-state index contributed by atoms with van der Waals surface area (Å²) in [7, 11) is 0. The molecule has 7 nitrogen and oxygen atoms in total. The highest BCUT2D eigenvalue weighted by Crippen LogP contribution is 2.29. The lowest BCUT2D eigenvalue weighted by Crippen LogP contribution is -2.38. The molecule has 1 amide bonds. The fourth-order valence-electron chi connectivity index (χ4n) is 4.15. The zero-order valence-corrected chi connectivity index (χ0v) is 17.0. The minimum absolute atomic E-state index is 0.0656. The molecule has 29 heavy (non-hydrogen) atoms. The molecule has 0 saturated carbocycles. The standard InChI is InChI=1S/C22H26N4O3/c1-4-29-22(28)18-13(2)19(23-14(18)3)21(27)26-11-9-15(10-12-26)20-24-16-7-5-6-8-17(16)25-20/h5-8,15,23H,4,9-12H2,1-3H3,(H,24,25). The van der Waals surface area contributed by atoms with Gasteiger partial charge in [-0.15, -0.1) is 0 Å². The fourth-order valence-corrected chi connectivity index (χ4v) is 4.15. The maximum absolute atomic E-state index is 13.1. The summed E-state index contributed by atoms with van der Waals surface area (Å²) in [5.41, 5.74) is 4.29. The highest BCUT2D eigenvalue weighted by molar-refractivity contribution is 6.00. The Kier molecular flexibility index (Phi) is 5.13. The number of hydrogen-bond donors (Lipinski definition) is 2. The van der Waals surface area contributed by atoms with Gasteiger partial charge in [0, 0.05) is 24.7 Å². The van der Waals surface area contributed by atoms with Gasteiger partial charge in [0.25, 0.3) is 5.91 Å². The van der Waals surface area contributed by atoms with Gasteiger partial charge < -0.3 is 19.6 Å². The average Bonchev–Trinajstić information content (AvgIpc) is 3.28. The van der Waals surface area contributed by atoms with E-state index >= 15 is 0 Å². The number of likely N-dealkylation sites (tertiary alicyclic amines) is 1. The van der Waals surface area contributed by atoms with Gasteiger partial charge in [-0.3, -0.25) is 4.79 Å². The summed E-state index contributed by atoms with van der Waals surface area (Å²) in [5.74, 6) is 0.855. The van der Waals surface area contributed by atoms with Crippen LogP contribution in [0.4, 0.5) is 0 Å². The van der Waals surface area contributed by atoms with Crippen molar-refractivity contribution in [3.63, 3.8) is 0 Å². The molecule has 1 aromatic carbocycles. The van der Waals surface area contributed by atoms with Crippen LogP contribution in [-0.4, -0.2) is 51.4 Å². The topological polar surface area (TPSA) is 91.1 Å². The number of nitrogens with one attached hydrogen (secondary N) is 2. The number of aryl methyl sites for hydroxylation is 1. The minimum atomic E-state index is -0.388. The molecule has 1 fully saturated rings. The van der Waals surface area contributed by atoms with E-state index in [4.69, 9.17) is 9.72 Å². The van der Waals surface area contributed by atoms with E-state index in [1.165, 1.54) is 0 Å².